The van der Waals surface area contributed by atoms with Crippen LogP contribution in [0.2, 0.25) is 0 Å². The molecule has 1 saturated heterocycles. The van der Waals surface area contributed by atoms with E-state index in [-0.39, 0.29) is 5.60 Å². The van der Waals surface area contributed by atoms with Crippen LogP contribution >= 0.6 is 0 Å². The molecule has 0 saturated carbocycles. The lowest BCUT2D eigenvalue weighted by atomic mass is 9.90. The highest BCUT2D eigenvalue weighted by atomic mass is 16.5. The highest BCUT2D eigenvalue weighted by Crippen LogP contribution is 2.20. The molecule has 1 rings (SSSR count). The quantitative estimate of drug-likeness (QED) is 0.744. The van der Waals surface area contributed by atoms with E-state index >= 15 is 0 Å². The lowest BCUT2D eigenvalue weighted by Crippen LogP contribution is -2.34. The van der Waals surface area contributed by atoms with Crippen molar-refractivity contribution in [1.29, 1.82) is 0 Å². The molecule has 0 aromatic carbocycles. The van der Waals surface area contributed by atoms with Crippen LogP contribution in [0.1, 0.15) is 60.8 Å². The van der Waals surface area contributed by atoms with Gasteiger partial charge in [-0.2, -0.15) is 0 Å². The van der Waals surface area contributed by atoms with Crippen molar-refractivity contribution in [2.24, 2.45) is 5.41 Å². The van der Waals surface area contributed by atoms with Gasteiger partial charge in [-0.25, -0.2) is 0 Å². The zero-order valence-corrected chi connectivity index (χ0v) is 15.4. The van der Waals surface area contributed by atoms with Gasteiger partial charge in [-0.3, -0.25) is 4.90 Å². The minimum atomic E-state index is -0.00909. The summed E-state index contributed by atoms with van der Waals surface area (Å²) in [7, 11) is 0. The van der Waals surface area contributed by atoms with E-state index in [1.807, 2.05) is 0 Å². The fraction of sp³-hybridized carbons (Fsp3) is 1.00. The fourth-order valence-corrected chi connectivity index (χ4v) is 2.79. The Morgan fingerprint density at radius 2 is 1.38 bits per heavy atom. The van der Waals surface area contributed by atoms with E-state index in [9.17, 15) is 0 Å². The van der Waals surface area contributed by atoms with E-state index in [2.05, 4.69) is 51.3 Å². The highest BCUT2D eigenvalue weighted by molar-refractivity contribution is 4.71. The van der Waals surface area contributed by atoms with Crippen LogP contribution in [0.15, 0.2) is 0 Å². The molecule has 0 aromatic heterocycles. The van der Waals surface area contributed by atoms with Gasteiger partial charge >= 0.3 is 0 Å². The lowest BCUT2D eigenvalue weighted by molar-refractivity contribution is -0.0127. The maximum absolute atomic E-state index is 5.85. The molecule has 0 bridgehead atoms. The van der Waals surface area contributed by atoms with Crippen LogP contribution in [0.25, 0.3) is 0 Å². The zero-order chi connectivity index (χ0) is 15.9. The molecule has 21 heavy (non-hydrogen) atoms. The molecule has 0 amide bonds. The number of nitrogens with zero attached hydrogens (tertiary/aromatic N) is 2. The molecule has 126 valence electrons. The Bertz CT molecular complexity index is 250. The Balaban J connectivity index is 2.18. The Kier molecular flexibility index (Phi) is 7.66. The first kappa shape index (κ1) is 18.9. The molecule has 1 aliphatic heterocycles. The molecule has 1 fully saturated rings. The van der Waals surface area contributed by atoms with Gasteiger partial charge in [-0.1, -0.05) is 20.8 Å². The number of hydrogen-bond acceptors (Lipinski definition) is 3. The average Bonchev–Trinajstić information content (AvgIpc) is 2.52. The lowest BCUT2D eigenvalue weighted by Gasteiger charge is -2.25. The number of rotatable bonds is 6. The summed E-state index contributed by atoms with van der Waals surface area (Å²) >= 11 is 0. The zero-order valence-electron chi connectivity index (χ0n) is 15.4. The van der Waals surface area contributed by atoms with Gasteiger partial charge in [0.15, 0.2) is 0 Å². The summed E-state index contributed by atoms with van der Waals surface area (Å²) in [5.41, 5.74) is 0.465. The smallest absolute Gasteiger partial charge is 0.0600 e. The van der Waals surface area contributed by atoms with Crippen molar-refractivity contribution in [2.75, 3.05) is 45.9 Å². The molecule has 3 nitrogen and oxygen atoms in total. The minimum Gasteiger partial charge on any atom is -0.375 e. The molecule has 1 aliphatic rings. The van der Waals surface area contributed by atoms with Crippen LogP contribution < -0.4 is 0 Å². The van der Waals surface area contributed by atoms with Crippen LogP contribution in [0.5, 0.6) is 0 Å². The van der Waals surface area contributed by atoms with Gasteiger partial charge in [0.25, 0.3) is 0 Å². The SMILES string of the molecule is CC(C)(C)CCCN1CCCN(CCOC(C)(C)C)CC1. The second-order valence-corrected chi connectivity index (χ2v) is 8.66. The standard InChI is InChI=1S/C18H38N2O/c1-17(2,3)9-7-10-19-11-8-12-20(14-13-19)15-16-21-18(4,5)6/h7-16H2,1-6H3. The molecule has 3 heteroatoms. The largest absolute Gasteiger partial charge is 0.375 e. The minimum absolute atomic E-state index is 0.00909. The molecule has 0 aliphatic carbocycles. The summed E-state index contributed by atoms with van der Waals surface area (Å²) in [6.45, 7) is 21.5. The van der Waals surface area contributed by atoms with E-state index in [0.29, 0.717) is 5.41 Å². The van der Waals surface area contributed by atoms with Gasteiger partial charge in [0.1, 0.15) is 0 Å². The number of ether oxygens (including phenoxy) is 1. The van der Waals surface area contributed by atoms with E-state index in [0.717, 1.165) is 13.2 Å². The van der Waals surface area contributed by atoms with Gasteiger partial charge in [0, 0.05) is 19.6 Å². The van der Waals surface area contributed by atoms with Crippen molar-refractivity contribution in [3.05, 3.63) is 0 Å². The Morgan fingerprint density at radius 1 is 0.810 bits per heavy atom. The van der Waals surface area contributed by atoms with Gasteiger partial charge in [0.2, 0.25) is 0 Å². The maximum atomic E-state index is 5.85. The predicted molar refractivity (Wildman–Crippen MR) is 91.9 cm³/mol. The summed E-state index contributed by atoms with van der Waals surface area (Å²) in [5, 5.41) is 0. The first-order chi connectivity index (χ1) is 9.66. The van der Waals surface area contributed by atoms with Crippen LogP contribution in [0, 0.1) is 5.41 Å². The molecule has 1 heterocycles. The molecule has 0 aromatic rings. The van der Waals surface area contributed by atoms with Crippen molar-refractivity contribution in [1.82, 2.24) is 9.80 Å². The normalized spacial score (nSPS) is 19.7. The van der Waals surface area contributed by atoms with Gasteiger partial charge in [0.05, 0.1) is 12.2 Å². The van der Waals surface area contributed by atoms with Crippen molar-refractivity contribution < 1.29 is 4.74 Å². The summed E-state index contributed by atoms with van der Waals surface area (Å²) < 4.78 is 5.85. The maximum Gasteiger partial charge on any atom is 0.0600 e. The van der Waals surface area contributed by atoms with Crippen molar-refractivity contribution >= 4 is 0 Å². The summed E-state index contributed by atoms with van der Waals surface area (Å²) in [6.07, 6.45) is 3.95. The summed E-state index contributed by atoms with van der Waals surface area (Å²) in [6, 6.07) is 0. The van der Waals surface area contributed by atoms with E-state index in [4.69, 9.17) is 4.74 Å². The summed E-state index contributed by atoms with van der Waals surface area (Å²) in [4.78, 5) is 5.21. The first-order valence-electron chi connectivity index (χ1n) is 8.74. The van der Waals surface area contributed by atoms with E-state index < -0.39 is 0 Å². The van der Waals surface area contributed by atoms with Crippen LogP contribution in [-0.4, -0.2) is 61.3 Å². The summed E-state index contributed by atoms with van der Waals surface area (Å²) in [5.74, 6) is 0. The topological polar surface area (TPSA) is 15.7 Å². The third-order valence-electron chi connectivity index (χ3n) is 4.02. The Morgan fingerprint density at radius 3 is 1.90 bits per heavy atom. The molecule has 0 atom stereocenters. The van der Waals surface area contributed by atoms with Gasteiger partial charge in [-0.05, 0) is 65.1 Å². The second kappa shape index (κ2) is 8.50. The molecule has 0 unspecified atom stereocenters. The Labute approximate surface area is 133 Å². The third-order valence-corrected chi connectivity index (χ3v) is 4.02. The van der Waals surface area contributed by atoms with Crippen LogP contribution in [0.4, 0.5) is 0 Å². The molecule has 0 radical (unpaired) electrons. The molecular formula is C18H38N2O. The van der Waals surface area contributed by atoms with E-state index in [1.165, 1.54) is 52.0 Å². The van der Waals surface area contributed by atoms with Crippen molar-refractivity contribution in [3.8, 4) is 0 Å². The number of hydrogen-bond donors (Lipinski definition) is 0. The second-order valence-electron chi connectivity index (χ2n) is 8.66. The average molecular weight is 299 g/mol. The van der Waals surface area contributed by atoms with Gasteiger partial charge in [-0.15, -0.1) is 0 Å². The van der Waals surface area contributed by atoms with Crippen LogP contribution in [-0.2, 0) is 4.74 Å². The first-order valence-corrected chi connectivity index (χ1v) is 8.74. The third kappa shape index (κ3) is 10.3. The fourth-order valence-electron chi connectivity index (χ4n) is 2.79. The molecule has 0 N–H and O–H groups in total. The van der Waals surface area contributed by atoms with Gasteiger partial charge < -0.3 is 9.64 Å². The Hall–Kier alpha value is -0.120. The predicted octanol–water partition coefficient (Wildman–Crippen LogP) is 3.64. The highest BCUT2D eigenvalue weighted by Gasteiger charge is 2.17. The van der Waals surface area contributed by atoms with Crippen molar-refractivity contribution in [2.45, 2.75) is 66.4 Å². The molecule has 0 spiro atoms. The molecular weight excluding hydrogens is 260 g/mol. The monoisotopic (exact) mass is 298 g/mol. The van der Waals surface area contributed by atoms with Crippen LogP contribution in [0.3, 0.4) is 0 Å². The van der Waals surface area contributed by atoms with E-state index in [1.54, 1.807) is 0 Å². The van der Waals surface area contributed by atoms with Crippen molar-refractivity contribution in [3.63, 3.8) is 0 Å².